The summed E-state index contributed by atoms with van der Waals surface area (Å²) in [5.41, 5.74) is 1.39. The maximum absolute atomic E-state index is 12.2. The Bertz CT molecular complexity index is 601. The van der Waals surface area contributed by atoms with Crippen LogP contribution in [0.25, 0.3) is 0 Å². The molecule has 0 radical (unpaired) electrons. The van der Waals surface area contributed by atoms with Crippen LogP contribution < -0.4 is 5.32 Å². The lowest BCUT2D eigenvalue weighted by molar-refractivity contribution is 0.102. The lowest BCUT2D eigenvalue weighted by Gasteiger charge is -2.08. The van der Waals surface area contributed by atoms with Gasteiger partial charge in [-0.05, 0) is 75.5 Å². The topological polar surface area (TPSA) is 29.1 Å². The van der Waals surface area contributed by atoms with Crippen LogP contribution in [0.15, 0.2) is 42.5 Å². The van der Waals surface area contributed by atoms with E-state index in [1.165, 1.54) is 0 Å². The molecular formula is C13H8ClI2NO. The molecule has 0 heterocycles. The van der Waals surface area contributed by atoms with Crippen LogP contribution in [-0.4, -0.2) is 5.91 Å². The molecule has 0 atom stereocenters. The summed E-state index contributed by atoms with van der Waals surface area (Å²) in [6, 6.07) is 12.9. The van der Waals surface area contributed by atoms with Gasteiger partial charge in [-0.2, -0.15) is 0 Å². The van der Waals surface area contributed by atoms with Crippen molar-refractivity contribution < 1.29 is 4.79 Å². The van der Waals surface area contributed by atoms with Gasteiger partial charge in [0.1, 0.15) is 0 Å². The molecule has 0 spiro atoms. The van der Waals surface area contributed by atoms with E-state index in [2.05, 4.69) is 50.5 Å². The molecule has 1 amide bonds. The molecule has 0 fully saturated rings. The molecular weight excluding hydrogens is 475 g/mol. The minimum Gasteiger partial charge on any atom is -0.321 e. The number of hydrogen-bond donors (Lipinski definition) is 1. The van der Waals surface area contributed by atoms with E-state index in [0.717, 1.165) is 12.8 Å². The monoisotopic (exact) mass is 483 g/mol. The summed E-state index contributed by atoms with van der Waals surface area (Å²) in [6.07, 6.45) is 0. The Morgan fingerprint density at radius 1 is 1.06 bits per heavy atom. The first-order valence-electron chi connectivity index (χ1n) is 5.09. The fourth-order valence-corrected chi connectivity index (χ4v) is 2.70. The number of amides is 1. The third-order valence-corrected chi connectivity index (χ3v) is 4.41. The molecule has 92 valence electrons. The van der Waals surface area contributed by atoms with Crippen LogP contribution in [0.4, 0.5) is 5.69 Å². The van der Waals surface area contributed by atoms with E-state index in [4.69, 9.17) is 11.6 Å². The van der Waals surface area contributed by atoms with Crippen molar-refractivity contribution in [3.8, 4) is 0 Å². The van der Waals surface area contributed by atoms with Crippen LogP contribution in [0.3, 0.4) is 0 Å². The summed E-state index contributed by atoms with van der Waals surface area (Å²) >= 11 is 10.2. The number of anilines is 1. The summed E-state index contributed by atoms with van der Waals surface area (Å²) in [5.74, 6) is -0.147. The molecule has 1 N–H and O–H groups in total. The van der Waals surface area contributed by atoms with E-state index in [1.54, 1.807) is 12.1 Å². The third kappa shape index (κ3) is 3.36. The molecule has 0 aromatic heterocycles. The minimum atomic E-state index is -0.147. The highest BCUT2D eigenvalue weighted by molar-refractivity contribution is 14.1. The Kier molecular flexibility index (Phi) is 4.85. The average molecular weight is 483 g/mol. The van der Waals surface area contributed by atoms with Gasteiger partial charge in [0.2, 0.25) is 0 Å². The first-order chi connectivity index (χ1) is 8.58. The van der Waals surface area contributed by atoms with Gasteiger partial charge < -0.3 is 5.32 Å². The van der Waals surface area contributed by atoms with Crippen LogP contribution in [0.1, 0.15) is 10.4 Å². The predicted octanol–water partition coefficient (Wildman–Crippen LogP) is 4.80. The number of rotatable bonds is 2. The molecule has 0 unspecified atom stereocenters. The van der Waals surface area contributed by atoms with Crippen LogP contribution in [0.2, 0.25) is 5.02 Å². The molecule has 0 aliphatic heterocycles. The SMILES string of the molecule is O=C(Nc1ccccc1I)c1cc(Cl)ccc1I. The Morgan fingerprint density at radius 3 is 2.50 bits per heavy atom. The molecule has 0 bridgehead atoms. The van der Waals surface area contributed by atoms with Gasteiger partial charge in [-0.15, -0.1) is 0 Å². The molecule has 0 saturated carbocycles. The van der Waals surface area contributed by atoms with Gasteiger partial charge in [0, 0.05) is 12.2 Å². The maximum Gasteiger partial charge on any atom is 0.256 e. The summed E-state index contributed by atoms with van der Waals surface area (Å²) in [5, 5.41) is 3.44. The first-order valence-corrected chi connectivity index (χ1v) is 7.62. The number of carbonyl (C=O) groups excluding carboxylic acids is 1. The molecule has 2 rings (SSSR count). The standard InChI is InChI=1S/C13H8ClI2NO/c14-8-5-6-10(15)9(7-8)13(18)17-12-4-2-1-3-11(12)16/h1-7H,(H,17,18). The van der Waals surface area contributed by atoms with Crippen LogP contribution in [0.5, 0.6) is 0 Å². The van der Waals surface area contributed by atoms with Gasteiger partial charge in [-0.3, -0.25) is 4.79 Å². The van der Waals surface area contributed by atoms with E-state index in [0.29, 0.717) is 10.6 Å². The highest BCUT2D eigenvalue weighted by Gasteiger charge is 2.11. The predicted molar refractivity (Wildman–Crippen MR) is 91.3 cm³/mol. The van der Waals surface area contributed by atoms with Gasteiger partial charge in [0.15, 0.2) is 0 Å². The normalized spacial score (nSPS) is 10.2. The van der Waals surface area contributed by atoms with Gasteiger partial charge in [-0.25, -0.2) is 0 Å². The maximum atomic E-state index is 12.2. The highest BCUT2D eigenvalue weighted by Crippen LogP contribution is 2.21. The van der Waals surface area contributed by atoms with Crippen LogP contribution in [0, 0.1) is 7.14 Å². The summed E-state index contributed by atoms with van der Waals surface area (Å²) in [4.78, 5) is 12.2. The zero-order valence-electron chi connectivity index (χ0n) is 9.08. The Labute approximate surface area is 137 Å². The molecule has 18 heavy (non-hydrogen) atoms. The molecule has 2 nitrogen and oxygen atoms in total. The van der Waals surface area contributed by atoms with Crippen LogP contribution >= 0.6 is 56.8 Å². The van der Waals surface area contributed by atoms with E-state index < -0.39 is 0 Å². The molecule has 0 aliphatic rings. The first kappa shape index (κ1) is 14.1. The summed E-state index contributed by atoms with van der Waals surface area (Å²) in [6.45, 7) is 0. The lowest BCUT2D eigenvalue weighted by atomic mass is 10.2. The van der Waals surface area contributed by atoms with E-state index >= 15 is 0 Å². The van der Waals surface area contributed by atoms with Crippen molar-refractivity contribution in [2.75, 3.05) is 5.32 Å². The number of hydrogen-bond acceptors (Lipinski definition) is 1. The third-order valence-electron chi connectivity index (χ3n) is 2.30. The molecule has 2 aromatic rings. The Morgan fingerprint density at radius 2 is 1.78 bits per heavy atom. The Hall–Kier alpha value is -0.340. The van der Waals surface area contributed by atoms with Crippen LogP contribution in [-0.2, 0) is 0 Å². The van der Waals surface area contributed by atoms with Crippen molar-refractivity contribution >= 4 is 68.4 Å². The largest absolute Gasteiger partial charge is 0.321 e. The second kappa shape index (κ2) is 6.21. The van der Waals surface area contributed by atoms with Crippen molar-refractivity contribution in [3.63, 3.8) is 0 Å². The van der Waals surface area contributed by atoms with Gasteiger partial charge >= 0.3 is 0 Å². The number of carbonyl (C=O) groups is 1. The van der Waals surface area contributed by atoms with Crippen molar-refractivity contribution in [1.29, 1.82) is 0 Å². The molecule has 0 aliphatic carbocycles. The second-order valence-electron chi connectivity index (χ2n) is 3.56. The van der Waals surface area contributed by atoms with Crippen molar-refractivity contribution in [2.45, 2.75) is 0 Å². The van der Waals surface area contributed by atoms with Crippen molar-refractivity contribution in [1.82, 2.24) is 0 Å². The lowest BCUT2D eigenvalue weighted by Crippen LogP contribution is -2.14. The van der Waals surface area contributed by atoms with Crippen molar-refractivity contribution in [3.05, 3.63) is 60.2 Å². The van der Waals surface area contributed by atoms with E-state index in [9.17, 15) is 4.79 Å². The number of nitrogens with one attached hydrogen (secondary N) is 1. The Balaban J connectivity index is 2.28. The highest BCUT2D eigenvalue weighted by atomic mass is 127. The van der Waals surface area contributed by atoms with Gasteiger partial charge in [0.25, 0.3) is 5.91 Å². The van der Waals surface area contributed by atoms with Gasteiger partial charge in [0.05, 0.1) is 11.3 Å². The fraction of sp³-hybridized carbons (Fsp3) is 0. The van der Waals surface area contributed by atoms with Crippen molar-refractivity contribution in [2.24, 2.45) is 0 Å². The number of benzene rings is 2. The van der Waals surface area contributed by atoms with Gasteiger partial charge in [-0.1, -0.05) is 23.7 Å². The van der Waals surface area contributed by atoms with E-state index in [-0.39, 0.29) is 5.91 Å². The number of halogens is 3. The number of para-hydroxylation sites is 1. The zero-order chi connectivity index (χ0) is 13.1. The summed E-state index contributed by atoms with van der Waals surface area (Å²) in [7, 11) is 0. The smallest absolute Gasteiger partial charge is 0.256 e. The second-order valence-corrected chi connectivity index (χ2v) is 6.32. The quantitative estimate of drug-likeness (QED) is 0.611. The van der Waals surface area contributed by atoms with E-state index in [1.807, 2.05) is 30.3 Å². The molecule has 2 aromatic carbocycles. The minimum absolute atomic E-state index is 0.147. The molecule has 0 saturated heterocycles. The average Bonchev–Trinajstić information content (AvgIpc) is 2.35. The fourth-order valence-electron chi connectivity index (χ4n) is 1.42. The zero-order valence-corrected chi connectivity index (χ0v) is 14.2. The summed E-state index contributed by atoms with van der Waals surface area (Å²) < 4.78 is 1.88. The molecule has 5 heteroatoms.